The van der Waals surface area contributed by atoms with Crippen LogP contribution in [0.4, 0.5) is 0 Å². The van der Waals surface area contributed by atoms with Gasteiger partial charge in [0.05, 0.1) is 18.8 Å². The summed E-state index contributed by atoms with van der Waals surface area (Å²) in [4.78, 5) is 24.5. The number of piperidine rings is 1. The number of carbonyl (C=O) groups excluding carboxylic acids is 2. The number of ether oxygens (including phenoxy) is 3. The molecule has 8 nitrogen and oxygen atoms in total. The van der Waals surface area contributed by atoms with Crippen molar-refractivity contribution in [2.45, 2.75) is 148 Å². The summed E-state index contributed by atoms with van der Waals surface area (Å²) in [5.74, 6) is 2.26. The highest BCUT2D eigenvalue weighted by atomic mass is 16.6. The third-order valence-electron chi connectivity index (χ3n) is 10.2. The largest absolute Gasteiger partial charge is 0.462 e. The van der Waals surface area contributed by atoms with Crippen LogP contribution in [0.25, 0.3) is 0 Å². The van der Waals surface area contributed by atoms with Crippen LogP contribution in [0.5, 0.6) is 0 Å². The molecule has 41 heavy (non-hydrogen) atoms. The maximum Gasteiger partial charge on any atom is 0.302 e. The molecule has 238 valence electrons. The van der Waals surface area contributed by atoms with Crippen LogP contribution in [0.1, 0.15) is 118 Å². The first-order valence-electron chi connectivity index (χ1n) is 16.7. The van der Waals surface area contributed by atoms with Gasteiger partial charge >= 0.3 is 11.9 Å². The van der Waals surface area contributed by atoms with Crippen LogP contribution in [0.3, 0.4) is 0 Å². The van der Waals surface area contributed by atoms with Gasteiger partial charge in [0, 0.05) is 33.8 Å². The maximum atomic E-state index is 12.3. The van der Waals surface area contributed by atoms with Crippen LogP contribution in [-0.4, -0.2) is 61.3 Å². The smallest absolute Gasteiger partial charge is 0.302 e. The molecule has 0 bridgehead atoms. The number of carbonyl (C=O) groups is 2. The van der Waals surface area contributed by atoms with Crippen molar-refractivity contribution in [1.29, 1.82) is 0 Å². The number of rotatable bonds is 12. The molecular formula is C33H61N2O6+. The fourth-order valence-electron chi connectivity index (χ4n) is 8.46. The Kier molecular flexibility index (Phi) is 14.4. The zero-order valence-corrected chi connectivity index (χ0v) is 26.6. The normalized spacial score (nSPS) is 34.7. The van der Waals surface area contributed by atoms with Gasteiger partial charge in [-0.05, 0) is 86.9 Å². The Hall–Kier alpha value is -1.22. The van der Waals surface area contributed by atoms with Gasteiger partial charge in [-0.15, -0.1) is 0 Å². The average Bonchev–Trinajstić information content (AvgIpc) is 2.87. The number of methoxy groups -OCH3 is 1. The van der Waals surface area contributed by atoms with Gasteiger partial charge in [-0.1, -0.05) is 39.5 Å². The molecule has 10 unspecified atom stereocenters. The number of hydrogen-bond donors (Lipinski definition) is 3. The van der Waals surface area contributed by atoms with Crippen molar-refractivity contribution in [2.24, 2.45) is 41.2 Å². The van der Waals surface area contributed by atoms with Crippen LogP contribution >= 0.6 is 0 Å². The highest BCUT2D eigenvalue weighted by Crippen LogP contribution is 2.43. The van der Waals surface area contributed by atoms with Crippen molar-refractivity contribution in [3.63, 3.8) is 0 Å². The number of esters is 2. The highest BCUT2D eigenvalue weighted by molar-refractivity contribution is 5.66. The molecule has 0 aromatic carbocycles. The van der Waals surface area contributed by atoms with Crippen molar-refractivity contribution in [3.05, 3.63) is 0 Å². The molecule has 0 aromatic rings. The summed E-state index contributed by atoms with van der Waals surface area (Å²) in [6.45, 7) is 8.58. The molecule has 3 fully saturated rings. The Bertz CT molecular complexity index is 794. The lowest BCUT2D eigenvalue weighted by molar-refractivity contribution is -0.699. The molecule has 0 spiro atoms. The van der Waals surface area contributed by atoms with Gasteiger partial charge in [0.15, 0.2) is 0 Å². The number of aliphatic hydroxyl groups excluding tert-OH is 1. The monoisotopic (exact) mass is 581 g/mol. The minimum Gasteiger partial charge on any atom is -0.462 e. The van der Waals surface area contributed by atoms with E-state index < -0.39 is 6.10 Å². The summed E-state index contributed by atoms with van der Waals surface area (Å²) in [6.07, 6.45) is 12.9. The second kappa shape index (κ2) is 17.2. The van der Waals surface area contributed by atoms with E-state index in [1.54, 1.807) is 7.11 Å². The van der Waals surface area contributed by atoms with E-state index in [4.69, 9.17) is 19.9 Å². The molecule has 10 atom stereocenters. The summed E-state index contributed by atoms with van der Waals surface area (Å²) in [5, 5.41) is 13.1. The summed E-state index contributed by atoms with van der Waals surface area (Å²) in [6, 6.07) is 0. The topological polar surface area (TPSA) is 125 Å². The Labute approximate surface area is 249 Å². The molecule has 8 heteroatoms. The lowest BCUT2D eigenvalue weighted by Crippen LogP contribution is -2.94. The highest BCUT2D eigenvalue weighted by Gasteiger charge is 2.42. The minimum atomic E-state index is -0.459. The van der Waals surface area contributed by atoms with Crippen LogP contribution in [0.15, 0.2) is 0 Å². The van der Waals surface area contributed by atoms with Crippen molar-refractivity contribution in [1.82, 2.24) is 0 Å². The standard InChI is InChI=1S/C33H60N2O6/c1-21(2)15-24-9-7-6-8-10-27(16-24)31(41-23(4)37)19-28(40-22(3)36)12-11-25-17-32(39-5)30(38)20-29(25)26-13-14-35-33(34)18-26/h21,24-33,35,38H,6-20,34H2,1-5H3/p+1. The summed E-state index contributed by atoms with van der Waals surface area (Å²) >= 11 is 0. The summed E-state index contributed by atoms with van der Waals surface area (Å²) in [5.41, 5.74) is 6.32. The fourth-order valence-corrected chi connectivity index (χ4v) is 8.46. The molecule has 2 aliphatic carbocycles. The van der Waals surface area contributed by atoms with Crippen LogP contribution in [0.2, 0.25) is 0 Å². The van der Waals surface area contributed by atoms with Gasteiger partial charge in [0.25, 0.3) is 0 Å². The number of aliphatic hydroxyl groups is 1. The van der Waals surface area contributed by atoms with Gasteiger partial charge in [0.1, 0.15) is 18.4 Å². The molecule has 1 heterocycles. The van der Waals surface area contributed by atoms with Crippen LogP contribution in [-0.2, 0) is 23.8 Å². The Morgan fingerprint density at radius 2 is 1.71 bits per heavy atom. The zero-order valence-electron chi connectivity index (χ0n) is 26.6. The van der Waals surface area contributed by atoms with Crippen molar-refractivity contribution < 1.29 is 34.2 Å². The Morgan fingerprint density at radius 1 is 0.976 bits per heavy atom. The summed E-state index contributed by atoms with van der Waals surface area (Å²) in [7, 11) is 1.68. The van der Waals surface area contributed by atoms with E-state index in [1.807, 2.05) is 0 Å². The predicted molar refractivity (Wildman–Crippen MR) is 160 cm³/mol. The lowest BCUT2D eigenvalue weighted by Gasteiger charge is -2.44. The Morgan fingerprint density at radius 3 is 2.37 bits per heavy atom. The molecule has 0 aromatic heterocycles. The third-order valence-corrected chi connectivity index (χ3v) is 10.2. The molecule has 5 N–H and O–H groups in total. The quantitative estimate of drug-likeness (QED) is 0.293. The van der Waals surface area contributed by atoms with Gasteiger partial charge in [-0.25, -0.2) is 0 Å². The first kappa shape index (κ1) is 34.3. The predicted octanol–water partition coefficient (Wildman–Crippen LogP) is 4.31. The molecule has 3 rings (SSSR count). The van der Waals surface area contributed by atoms with Gasteiger partial charge in [0.2, 0.25) is 0 Å². The van der Waals surface area contributed by atoms with E-state index in [0.29, 0.717) is 36.0 Å². The second-order valence-electron chi connectivity index (χ2n) is 14.0. The molecule has 1 aliphatic heterocycles. The van der Waals surface area contributed by atoms with Crippen LogP contribution < -0.4 is 11.1 Å². The lowest BCUT2D eigenvalue weighted by atomic mass is 9.66. The molecule has 3 aliphatic rings. The average molecular weight is 582 g/mol. The molecule has 2 saturated carbocycles. The van der Waals surface area contributed by atoms with Gasteiger partial charge in [-0.2, -0.15) is 0 Å². The number of hydrogen-bond acceptors (Lipinski definition) is 7. The zero-order chi connectivity index (χ0) is 29.9. The first-order chi connectivity index (χ1) is 19.5. The molecular weight excluding hydrogens is 520 g/mol. The van der Waals surface area contributed by atoms with E-state index in [0.717, 1.165) is 64.3 Å². The van der Waals surface area contributed by atoms with Crippen molar-refractivity contribution in [3.8, 4) is 0 Å². The summed E-state index contributed by atoms with van der Waals surface area (Å²) < 4.78 is 17.6. The van der Waals surface area contributed by atoms with E-state index in [-0.39, 0.29) is 42.3 Å². The molecule has 0 radical (unpaired) electrons. The minimum absolute atomic E-state index is 0.119. The third kappa shape index (κ3) is 11.4. The maximum absolute atomic E-state index is 12.3. The van der Waals surface area contributed by atoms with E-state index in [9.17, 15) is 14.7 Å². The van der Waals surface area contributed by atoms with Crippen LogP contribution in [0, 0.1) is 35.5 Å². The SMILES string of the molecule is COC1CC(CCC(CC(OC(C)=O)C2CCCCCC(CC(C)C)C2)OC(C)=O)C(C2CC[NH2+]C(N)C2)CC1O. The fraction of sp³-hybridized carbons (Fsp3) is 0.939. The van der Waals surface area contributed by atoms with Gasteiger partial charge < -0.3 is 24.6 Å². The van der Waals surface area contributed by atoms with Crippen molar-refractivity contribution in [2.75, 3.05) is 13.7 Å². The van der Waals surface area contributed by atoms with E-state index in [1.165, 1.54) is 39.5 Å². The second-order valence-corrected chi connectivity index (χ2v) is 14.0. The van der Waals surface area contributed by atoms with E-state index in [2.05, 4.69) is 19.2 Å². The Balaban J connectivity index is 1.74. The van der Waals surface area contributed by atoms with Gasteiger partial charge in [-0.3, -0.25) is 15.3 Å². The number of nitrogens with two attached hydrogens (primary N) is 2. The molecule has 1 saturated heterocycles. The number of quaternary nitrogens is 1. The van der Waals surface area contributed by atoms with E-state index >= 15 is 0 Å². The first-order valence-corrected chi connectivity index (χ1v) is 16.7. The molecule has 0 amide bonds. The van der Waals surface area contributed by atoms with Crippen molar-refractivity contribution >= 4 is 11.9 Å².